The molecule has 7 N–H and O–H groups in total. The second-order valence-corrected chi connectivity index (χ2v) is 9.79. The molecule has 0 unspecified atom stereocenters. The Morgan fingerprint density at radius 3 is 1.95 bits per heavy atom. The number of anilines is 2. The van der Waals surface area contributed by atoms with Crippen LogP contribution in [-0.2, 0) is 33.5 Å². The normalized spacial score (nSPS) is 15.7. The first-order valence-electron chi connectivity index (χ1n) is 14.1. The molecule has 2 aromatic rings. The number of carbonyl (C=O) groups is 6. The third-order valence-corrected chi connectivity index (χ3v) is 6.40. The number of nitrogens with two attached hydrogens (primary N) is 1. The first-order valence-corrected chi connectivity index (χ1v) is 14.1. The maximum Gasteiger partial charge on any atom is 0.328 e. The third-order valence-electron chi connectivity index (χ3n) is 6.40. The van der Waals surface area contributed by atoms with Gasteiger partial charge in [-0.25, -0.2) is 4.79 Å². The van der Waals surface area contributed by atoms with Crippen molar-refractivity contribution in [1.82, 2.24) is 16.0 Å². The van der Waals surface area contributed by atoms with E-state index in [0.717, 1.165) is 0 Å². The molecular formula is C29H36N8O7. The highest BCUT2D eigenvalue weighted by atomic mass is 16.5. The van der Waals surface area contributed by atoms with Crippen LogP contribution < -0.4 is 32.3 Å². The first kappa shape index (κ1) is 33.3. The third kappa shape index (κ3) is 11.2. The van der Waals surface area contributed by atoms with Crippen molar-refractivity contribution in [2.75, 3.05) is 36.9 Å². The summed E-state index contributed by atoms with van der Waals surface area (Å²) in [6, 6.07) is 12.6. The average molecular weight is 609 g/mol. The van der Waals surface area contributed by atoms with Crippen molar-refractivity contribution in [3.8, 4) is 0 Å². The molecule has 1 aliphatic heterocycles. The molecule has 0 aliphatic carbocycles. The number of ether oxygens (including phenoxy) is 1. The van der Waals surface area contributed by atoms with Crippen LogP contribution in [-0.4, -0.2) is 67.8 Å². The quantitative estimate of drug-likeness (QED) is 0.128. The molecule has 5 amide bonds. The Hall–Kier alpha value is -5.18. The van der Waals surface area contributed by atoms with Crippen molar-refractivity contribution >= 4 is 58.3 Å². The number of hydrogen-bond acceptors (Lipinski definition) is 10. The van der Waals surface area contributed by atoms with E-state index in [1.54, 1.807) is 55.5 Å². The fourth-order valence-corrected chi connectivity index (χ4v) is 4.16. The highest BCUT2D eigenvalue weighted by Gasteiger charge is 2.36. The number of amides is 5. The minimum atomic E-state index is -0.659. The van der Waals surface area contributed by atoms with E-state index in [1.807, 2.05) is 0 Å². The molecule has 0 saturated carbocycles. The Morgan fingerprint density at radius 2 is 1.39 bits per heavy atom. The SMILES string of the molecule is CCOC(=O)[C@@H]1C[C@@H](CCCC(=O)NCC(=O)NCC(=O)Nc2ccc(/N=N/c3ccc(NC(=O)CN)cc3)cc2)C(=O)N1. The van der Waals surface area contributed by atoms with Gasteiger partial charge in [-0.3, -0.25) is 24.0 Å². The highest BCUT2D eigenvalue weighted by molar-refractivity contribution is 5.95. The summed E-state index contributed by atoms with van der Waals surface area (Å²) in [4.78, 5) is 71.5. The molecule has 0 aromatic heterocycles. The van der Waals surface area contributed by atoms with E-state index in [1.165, 1.54) is 0 Å². The van der Waals surface area contributed by atoms with Crippen molar-refractivity contribution in [3.05, 3.63) is 48.5 Å². The van der Waals surface area contributed by atoms with Crippen LogP contribution in [0.15, 0.2) is 58.8 Å². The van der Waals surface area contributed by atoms with Crippen LogP contribution in [0.3, 0.4) is 0 Å². The van der Waals surface area contributed by atoms with Gasteiger partial charge in [0.05, 0.1) is 37.6 Å². The van der Waals surface area contributed by atoms with E-state index in [4.69, 9.17) is 10.5 Å². The van der Waals surface area contributed by atoms with Crippen molar-refractivity contribution in [1.29, 1.82) is 0 Å². The van der Waals surface area contributed by atoms with Crippen LogP contribution in [0, 0.1) is 5.92 Å². The summed E-state index contributed by atoms with van der Waals surface area (Å²) in [7, 11) is 0. The van der Waals surface area contributed by atoms with Gasteiger partial charge in [0.25, 0.3) is 0 Å². The van der Waals surface area contributed by atoms with Crippen molar-refractivity contribution < 1.29 is 33.5 Å². The Kier molecular flexibility index (Phi) is 12.9. The molecule has 1 saturated heterocycles. The molecule has 0 radical (unpaired) electrons. The lowest BCUT2D eigenvalue weighted by atomic mass is 9.98. The lowest BCUT2D eigenvalue weighted by Gasteiger charge is -2.09. The number of carbonyl (C=O) groups excluding carboxylic acids is 6. The minimum Gasteiger partial charge on any atom is -0.464 e. The molecule has 1 fully saturated rings. The largest absolute Gasteiger partial charge is 0.464 e. The molecule has 1 heterocycles. The summed E-state index contributed by atoms with van der Waals surface area (Å²) in [5.74, 6) is -2.74. The molecule has 2 atom stereocenters. The van der Waals surface area contributed by atoms with Gasteiger partial charge in [0.2, 0.25) is 29.5 Å². The Balaban J connectivity index is 1.30. The number of esters is 1. The predicted octanol–water partition coefficient (Wildman–Crippen LogP) is 1.41. The monoisotopic (exact) mass is 608 g/mol. The van der Waals surface area contributed by atoms with E-state index in [0.29, 0.717) is 42.0 Å². The number of rotatable bonds is 15. The van der Waals surface area contributed by atoms with Crippen molar-refractivity contribution in [3.63, 3.8) is 0 Å². The van der Waals surface area contributed by atoms with Gasteiger partial charge in [0.15, 0.2) is 0 Å². The summed E-state index contributed by atoms with van der Waals surface area (Å²) >= 11 is 0. The van der Waals surface area contributed by atoms with Crippen LogP contribution in [0.25, 0.3) is 0 Å². The maximum atomic E-state index is 12.2. The molecule has 0 bridgehead atoms. The molecule has 1 aliphatic rings. The van der Waals surface area contributed by atoms with Crippen LogP contribution in [0.1, 0.15) is 32.6 Å². The predicted molar refractivity (Wildman–Crippen MR) is 160 cm³/mol. The zero-order valence-corrected chi connectivity index (χ0v) is 24.3. The van der Waals surface area contributed by atoms with Crippen LogP contribution in [0.4, 0.5) is 22.7 Å². The summed E-state index contributed by atoms with van der Waals surface area (Å²) in [6.07, 6.45) is 1.27. The standard InChI is InChI=1S/C29H36N8O7/c1-2-44-29(43)23-14-18(28(42)35-23)4-3-5-24(38)31-16-26(40)32-17-27(41)34-20-8-12-22(13-9-20)37-36-21-10-6-19(7-11-21)33-25(39)15-30/h6-13,18,23H,2-5,14-17,30H2,1H3,(H,31,38)(H,32,40)(H,33,39)(H,34,41)(H,35,42)/b37-36+/t18-,23+/m1/s1. The van der Waals surface area contributed by atoms with Gasteiger partial charge < -0.3 is 37.1 Å². The van der Waals surface area contributed by atoms with E-state index in [-0.39, 0.29) is 56.3 Å². The number of azo groups is 1. The molecule has 234 valence electrons. The van der Waals surface area contributed by atoms with Gasteiger partial charge in [-0.05, 0) is 74.7 Å². The van der Waals surface area contributed by atoms with Crippen LogP contribution >= 0.6 is 0 Å². The van der Waals surface area contributed by atoms with Gasteiger partial charge in [-0.15, -0.1) is 0 Å². The van der Waals surface area contributed by atoms with E-state index in [2.05, 4.69) is 36.8 Å². The summed E-state index contributed by atoms with van der Waals surface area (Å²) in [5.41, 5.74) is 7.47. The van der Waals surface area contributed by atoms with Crippen LogP contribution in [0.5, 0.6) is 0 Å². The average Bonchev–Trinajstić information content (AvgIpc) is 3.39. The fraction of sp³-hybridized carbons (Fsp3) is 0.379. The zero-order valence-electron chi connectivity index (χ0n) is 24.3. The van der Waals surface area contributed by atoms with Gasteiger partial charge in [-0.1, -0.05) is 0 Å². The molecule has 3 rings (SSSR count). The van der Waals surface area contributed by atoms with Crippen molar-refractivity contribution in [2.45, 2.75) is 38.6 Å². The van der Waals surface area contributed by atoms with Gasteiger partial charge in [0, 0.05) is 23.7 Å². The minimum absolute atomic E-state index is 0.109. The maximum absolute atomic E-state index is 12.2. The topological polar surface area (TPSA) is 223 Å². The number of nitrogens with zero attached hydrogens (tertiary/aromatic N) is 2. The molecular weight excluding hydrogens is 572 g/mol. The zero-order chi connectivity index (χ0) is 31.9. The second kappa shape index (κ2) is 17.1. The van der Waals surface area contributed by atoms with Crippen LogP contribution in [0.2, 0.25) is 0 Å². The Morgan fingerprint density at radius 1 is 0.841 bits per heavy atom. The molecule has 0 spiro atoms. The fourth-order valence-electron chi connectivity index (χ4n) is 4.16. The number of benzene rings is 2. The molecule has 15 nitrogen and oxygen atoms in total. The van der Waals surface area contributed by atoms with Crippen molar-refractivity contribution in [2.24, 2.45) is 21.9 Å². The Labute approximate surface area is 253 Å². The lowest BCUT2D eigenvalue weighted by molar-refractivity contribution is -0.146. The van der Waals surface area contributed by atoms with E-state index in [9.17, 15) is 28.8 Å². The van der Waals surface area contributed by atoms with E-state index < -0.39 is 23.8 Å². The second-order valence-electron chi connectivity index (χ2n) is 9.79. The number of hydrogen-bond donors (Lipinski definition) is 6. The summed E-state index contributed by atoms with van der Waals surface area (Å²) in [5, 5.41) is 21.1. The molecule has 15 heteroatoms. The lowest BCUT2D eigenvalue weighted by Crippen LogP contribution is -2.40. The highest BCUT2D eigenvalue weighted by Crippen LogP contribution is 2.23. The Bertz CT molecular complexity index is 1360. The number of nitrogens with one attached hydrogen (secondary N) is 5. The smallest absolute Gasteiger partial charge is 0.328 e. The first-order chi connectivity index (χ1) is 21.2. The molecule has 44 heavy (non-hydrogen) atoms. The summed E-state index contributed by atoms with van der Waals surface area (Å²) < 4.78 is 4.92. The summed E-state index contributed by atoms with van der Waals surface area (Å²) in [6.45, 7) is 1.22. The van der Waals surface area contributed by atoms with Gasteiger partial charge in [0.1, 0.15) is 6.04 Å². The van der Waals surface area contributed by atoms with Gasteiger partial charge >= 0.3 is 5.97 Å². The van der Waals surface area contributed by atoms with Gasteiger partial charge in [-0.2, -0.15) is 10.2 Å². The van der Waals surface area contributed by atoms with E-state index >= 15 is 0 Å². The molecule has 2 aromatic carbocycles.